The molecule has 0 saturated carbocycles. The van der Waals surface area contributed by atoms with Gasteiger partial charge in [-0.15, -0.1) is 0 Å². The number of amides is 18. The molecule has 0 fully saturated rings. The van der Waals surface area contributed by atoms with E-state index in [-0.39, 0.29) is 101 Å². The van der Waals surface area contributed by atoms with Gasteiger partial charge in [0, 0.05) is 32.1 Å². The van der Waals surface area contributed by atoms with Gasteiger partial charge in [-0.2, -0.15) is 0 Å². The van der Waals surface area contributed by atoms with E-state index in [0.717, 1.165) is 25.7 Å². The lowest BCUT2D eigenvalue weighted by molar-refractivity contribution is -0.138. The zero-order valence-electron chi connectivity index (χ0n) is 78.2. The van der Waals surface area contributed by atoms with Crippen molar-refractivity contribution in [1.29, 1.82) is 0 Å². The highest BCUT2D eigenvalue weighted by Gasteiger charge is 2.38. The van der Waals surface area contributed by atoms with Crippen LogP contribution in [0.1, 0.15) is 233 Å². The number of hydrogen-bond acceptors (Lipinski definition) is 21. The van der Waals surface area contributed by atoms with Crippen LogP contribution in [0, 0.1) is 17.8 Å². The predicted molar refractivity (Wildman–Crippen MR) is 497 cm³/mol. The van der Waals surface area contributed by atoms with Crippen molar-refractivity contribution in [2.24, 2.45) is 46.4 Å². The second-order valence-corrected chi connectivity index (χ2v) is 34.5. The number of unbranched alkanes of at least 4 members (excludes halogenated alkanes) is 12. The lowest BCUT2D eigenvalue weighted by atomic mass is 9.96. The first-order valence-corrected chi connectivity index (χ1v) is 46.3. The molecule has 18 amide bonds. The smallest absolute Gasteiger partial charge is 0.303 e. The van der Waals surface area contributed by atoms with Crippen molar-refractivity contribution < 1.29 is 96.2 Å². The zero-order valence-corrected chi connectivity index (χ0v) is 78.2. The number of nitrogens with one attached hydrogen (secondary N) is 15. The molecule has 0 saturated heterocycles. The maximum Gasteiger partial charge on any atom is 0.303 e. The highest BCUT2D eigenvalue weighted by molar-refractivity contribution is 6.01. The number of nitrogens with two attached hydrogens (primary N) is 5. The van der Waals surface area contributed by atoms with Crippen LogP contribution in [0.15, 0.2) is 91.0 Å². The molecule has 4 unspecified atom stereocenters. The van der Waals surface area contributed by atoms with Gasteiger partial charge in [-0.1, -0.05) is 210 Å². The van der Waals surface area contributed by atoms with Gasteiger partial charge in [-0.25, -0.2) is 0 Å². The summed E-state index contributed by atoms with van der Waals surface area (Å²) in [5.74, 6) is -18.7. The Morgan fingerprint density at radius 1 is 0.308 bits per heavy atom. The van der Waals surface area contributed by atoms with E-state index < -0.39 is 224 Å². The number of carbonyl (C=O) groups is 19. The highest BCUT2D eigenvalue weighted by Crippen LogP contribution is 2.18. The molecular formula is C93H146N20O20. The molecule has 0 aliphatic carbocycles. The summed E-state index contributed by atoms with van der Waals surface area (Å²) in [6.07, 6.45) is 10.9. The summed E-state index contributed by atoms with van der Waals surface area (Å²) in [6.45, 7) is 12.2. The molecule has 3 aromatic rings. The summed E-state index contributed by atoms with van der Waals surface area (Å²) in [4.78, 5) is 259. The number of aliphatic carboxylic acids is 1. The monoisotopic (exact) mass is 1860 g/mol. The molecule has 0 aliphatic heterocycles. The van der Waals surface area contributed by atoms with E-state index in [4.69, 9.17) is 33.8 Å². The number of rotatable bonds is 69. The first kappa shape index (κ1) is 115. The number of carbonyl (C=O) groups excluding carboxylic acids is 18. The fourth-order valence-corrected chi connectivity index (χ4v) is 14.3. The molecular weight excluding hydrogens is 1720 g/mol. The van der Waals surface area contributed by atoms with Gasteiger partial charge >= 0.3 is 5.97 Å². The Kier molecular flexibility index (Phi) is 55.5. The van der Waals surface area contributed by atoms with Crippen LogP contribution >= 0.6 is 0 Å². The third kappa shape index (κ3) is 48.5. The van der Waals surface area contributed by atoms with Crippen molar-refractivity contribution in [2.45, 2.75) is 308 Å². The predicted octanol–water partition coefficient (Wildman–Crippen LogP) is 0.0989. The summed E-state index contributed by atoms with van der Waals surface area (Å²) in [5, 5.41) is 47.5. The third-order valence-electron chi connectivity index (χ3n) is 21.9. The fraction of sp³-hybridized carbons (Fsp3) is 0.602. The summed E-state index contributed by atoms with van der Waals surface area (Å²) in [7, 11) is 0. The molecule has 13 atom stereocenters. The van der Waals surface area contributed by atoms with Crippen molar-refractivity contribution >= 4 is 112 Å². The van der Waals surface area contributed by atoms with Gasteiger partial charge in [-0.3, -0.25) is 91.1 Å². The Balaban J connectivity index is 1.84. The largest absolute Gasteiger partial charge is 0.481 e. The maximum atomic E-state index is 14.8. The summed E-state index contributed by atoms with van der Waals surface area (Å²) in [6, 6.07) is 7.65. The van der Waals surface area contributed by atoms with Crippen LogP contribution in [-0.4, -0.2) is 223 Å². The number of hydrogen-bond donors (Lipinski definition) is 21. The van der Waals surface area contributed by atoms with E-state index in [1.807, 2.05) is 0 Å². The van der Waals surface area contributed by atoms with Gasteiger partial charge < -0.3 is 114 Å². The van der Waals surface area contributed by atoms with E-state index in [9.17, 15) is 91.1 Å². The van der Waals surface area contributed by atoms with Gasteiger partial charge in [0.15, 0.2) is 0 Å². The molecule has 0 bridgehead atoms. The fourth-order valence-electron chi connectivity index (χ4n) is 14.3. The van der Waals surface area contributed by atoms with Crippen LogP contribution < -0.4 is 108 Å². The molecule has 26 N–H and O–H groups in total. The minimum Gasteiger partial charge on any atom is -0.481 e. The van der Waals surface area contributed by atoms with Crippen LogP contribution in [0.4, 0.5) is 0 Å². The van der Waals surface area contributed by atoms with Gasteiger partial charge in [0.2, 0.25) is 106 Å². The molecule has 0 spiro atoms. The van der Waals surface area contributed by atoms with Gasteiger partial charge in [0.05, 0.1) is 32.5 Å². The molecule has 0 aromatic heterocycles. The van der Waals surface area contributed by atoms with Crippen molar-refractivity contribution in [3.8, 4) is 0 Å². The average molecular weight is 1860 g/mol. The standard InChI is InChI=1S/C93H146N20O20/c1-9-11-12-13-14-15-16-17-18-19-29-42-76(116)99-54-77(117)105-72(52-74(96)114)92(132)113-81(59(7)10-2)93(133)112-70(50-62-36-25-21-26-37-62)87(127)102-60(8)83(123)108-73(53-75(97)115)91(131)109-68(48-58(5)6)89(129)111-71(51-63-38-27-22-28-39-63)90(130)107-65(40-30-32-45-94)84(124)100-56-79(119)104-67(47-57(3)4)88(128)110-69(49-61-34-23-20-24-35-61)85(125)101-55-78(118)103-66(41-31-33-46-95)86(126)106-64(82(98)122)43-44-80(120)121/h20-28,34-39,57-60,64-73,81H,9-19,29-33,40-56,94-95H2,1-8H3,(H2,96,114)(H2,97,115)(H2,98,122)(H,99,116)(H,100,124)(H,101,125)(H,102,127)(H,103,118)(H,104,119)(H,105,117)(H,106,126)(H,107,130)(H,108,123)(H,109,131)(H,110,128)(H,111,129)(H,112,133)(H,113,132)(H,120,121)/t59?,60-,64?,65-,66?,67-,68+,69?,70-,71-,72-,73-,81-/m0/s1. The minimum atomic E-state index is -1.81. The first-order chi connectivity index (χ1) is 63.3. The topological polar surface area (TPSA) is 655 Å². The molecule has 0 heterocycles. The van der Waals surface area contributed by atoms with E-state index >= 15 is 0 Å². The molecule has 40 heteroatoms. The Bertz CT molecular complexity index is 4220. The Morgan fingerprint density at radius 2 is 0.639 bits per heavy atom. The lowest BCUT2D eigenvalue weighted by Gasteiger charge is -2.29. The molecule has 133 heavy (non-hydrogen) atoms. The van der Waals surface area contributed by atoms with E-state index in [2.05, 4.69) is 86.7 Å². The van der Waals surface area contributed by atoms with Crippen molar-refractivity contribution in [3.63, 3.8) is 0 Å². The number of carboxylic acids is 1. The normalized spacial score (nSPS) is 14.0. The van der Waals surface area contributed by atoms with Gasteiger partial charge in [0.1, 0.15) is 72.5 Å². The second kappa shape index (κ2) is 64.3. The van der Waals surface area contributed by atoms with E-state index in [1.54, 1.807) is 133 Å². The summed E-state index contributed by atoms with van der Waals surface area (Å²) < 4.78 is 0. The zero-order chi connectivity index (χ0) is 98.9. The number of carboxylic acid groups (broad SMARTS) is 1. The van der Waals surface area contributed by atoms with Crippen molar-refractivity contribution in [2.75, 3.05) is 32.7 Å². The van der Waals surface area contributed by atoms with Crippen LogP contribution in [-0.2, 0) is 110 Å². The molecule has 40 nitrogen and oxygen atoms in total. The number of primary amides is 3. The Labute approximate surface area is 779 Å². The van der Waals surface area contributed by atoms with Crippen molar-refractivity contribution in [1.82, 2.24) is 79.8 Å². The maximum absolute atomic E-state index is 14.8. The van der Waals surface area contributed by atoms with Crippen molar-refractivity contribution in [3.05, 3.63) is 108 Å². The minimum absolute atomic E-state index is 0.00574. The molecule has 0 aliphatic rings. The first-order valence-electron chi connectivity index (χ1n) is 46.3. The molecule has 3 rings (SSSR count). The second-order valence-electron chi connectivity index (χ2n) is 34.5. The quantitative estimate of drug-likeness (QED) is 0.0333. The van der Waals surface area contributed by atoms with Gasteiger partial charge in [-0.05, 0) is 119 Å². The van der Waals surface area contributed by atoms with Crippen LogP contribution in [0.25, 0.3) is 0 Å². The SMILES string of the molecule is CCCCCCCCCCCCCC(=O)NCC(=O)N[C@@H](CC(N)=O)C(=O)N[C@H](C(=O)N[C@@H](Cc1ccccc1)C(=O)N[C@@H](C)C(=O)N[C@@H](CC(N)=O)C(=O)N[C@H](CC(C)C)C(=O)N[C@@H](Cc1ccccc1)C(=O)N[C@@H](CCCCN)C(=O)NCC(=O)N[C@@H](CC(C)C)C(=O)NC(Cc1ccccc1)C(=O)NCC(=O)NC(CCCCN)C(=O)NC(CCC(=O)O)C(N)=O)C(C)CC. The van der Waals surface area contributed by atoms with Crippen LogP contribution in [0.2, 0.25) is 0 Å². The molecule has 3 aromatic carbocycles. The molecule has 0 radical (unpaired) electrons. The molecule has 738 valence electrons. The summed E-state index contributed by atoms with van der Waals surface area (Å²) in [5.41, 5.74) is 29.8. The van der Waals surface area contributed by atoms with E-state index in [1.165, 1.54) is 45.4 Å². The summed E-state index contributed by atoms with van der Waals surface area (Å²) >= 11 is 0. The van der Waals surface area contributed by atoms with Gasteiger partial charge in [0.25, 0.3) is 0 Å². The Hall–Kier alpha value is -12.5. The number of benzene rings is 3. The van der Waals surface area contributed by atoms with Crippen LogP contribution in [0.5, 0.6) is 0 Å². The Morgan fingerprint density at radius 3 is 1.07 bits per heavy atom. The van der Waals surface area contributed by atoms with Crippen LogP contribution in [0.3, 0.4) is 0 Å². The average Bonchev–Trinajstić information content (AvgIpc) is 0.861. The lowest BCUT2D eigenvalue weighted by Crippen LogP contribution is -2.61. The van der Waals surface area contributed by atoms with E-state index in [0.29, 0.717) is 42.4 Å². The third-order valence-corrected chi connectivity index (χ3v) is 21.9. The highest BCUT2D eigenvalue weighted by atomic mass is 16.4.